The van der Waals surface area contributed by atoms with Crippen molar-refractivity contribution >= 4 is 11.8 Å². The third-order valence-electron chi connectivity index (χ3n) is 8.31. The van der Waals surface area contributed by atoms with Gasteiger partial charge in [-0.3, -0.25) is 9.59 Å². The second kappa shape index (κ2) is 10.5. The van der Waals surface area contributed by atoms with Gasteiger partial charge in [-0.2, -0.15) is 0 Å². The van der Waals surface area contributed by atoms with Gasteiger partial charge in [-0.05, 0) is 41.9 Å². The maximum Gasteiger partial charge on any atom is 0.233 e. The van der Waals surface area contributed by atoms with Crippen molar-refractivity contribution in [2.45, 2.75) is 43.7 Å². The summed E-state index contributed by atoms with van der Waals surface area (Å²) < 4.78 is 0. The molecule has 1 saturated heterocycles. The van der Waals surface area contributed by atoms with Crippen LogP contribution in [0.25, 0.3) is 0 Å². The zero-order valence-corrected chi connectivity index (χ0v) is 21.9. The van der Waals surface area contributed by atoms with E-state index in [-0.39, 0.29) is 23.3 Å². The lowest BCUT2D eigenvalue weighted by molar-refractivity contribution is -0.133. The summed E-state index contributed by atoms with van der Waals surface area (Å²) in [5.74, 6) is 0.502. The van der Waals surface area contributed by atoms with Crippen LogP contribution in [-0.4, -0.2) is 48.3 Å². The SMILES string of the molecule is CC(=O)NC1(c2ccccc2)CCN(CC2CC2(C(=O)N(C)Cc2ccccc2)c2ccccc2)CC1. The van der Waals surface area contributed by atoms with Crippen LogP contribution in [-0.2, 0) is 27.1 Å². The van der Waals surface area contributed by atoms with Crippen molar-refractivity contribution in [3.8, 4) is 0 Å². The quantitative estimate of drug-likeness (QED) is 0.492. The van der Waals surface area contributed by atoms with Crippen LogP contribution >= 0.6 is 0 Å². The van der Waals surface area contributed by atoms with E-state index in [1.165, 1.54) is 5.56 Å². The minimum atomic E-state index is -0.462. The van der Waals surface area contributed by atoms with E-state index in [1.54, 1.807) is 6.92 Å². The van der Waals surface area contributed by atoms with E-state index in [0.29, 0.717) is 6.54 Å². The number of piperidine rings is 1. The second-order valence-corrected chi connectivity index (χ2v) is 10.8. The molecule has 1 aliphatic carbocycles. The fourth-order valence-corrected chi connectivity index (χ4v) is 6.30. The Balaban J connectivity index is 1.30. The Kier molecular flexibility index (Phi) is 7.16. The number of likely N-dealkylation sites (N-methyl/N-ethyl adjacent to an activating group) is 1. The predicted octanol–water partition coefficient (Wildman–Crippen LogP) is 4.73. The molecule has 5 nitrogen and oxygen atoms in total. The highest BCUT2D eigenvalue weighted by Crippen LogP contribution is 2.56. The van der Waals surface area contributed by atoms with Gasteiger partial charge in [-0.25, -0.2) is 0 Å². The van der Waals surface area contributed by atoms with Gasteiger partial charge in [-0.15, -0.1) is 0 Å². The molecular formula is C32H37N3O2. The van der Waals surface area contributed by atoms with Gasteiger partial charge in [0.25, 0.3) is 0 Å². The van der Waals surface area contributed by atoms with Crippen LogP contribution in [0.1, 0.15) is 42.9 Å². The summed E-state index contributed by atoms with van der Waals surface area (Å²) in [7, 11) is 1.93. The summed E-state index contributed by atoms with van der Waals surface area (Å²) >= 11 is 0. The number of likely N-dealkylation sites (tertiary alicyclic amines) is 1. The molecule has 2 unspecified atom stereocenters. The van der Waals surface area contributed by atoms with E-state index >= 15 is 0 Å². The molecule has 3 aromatic rings. The molecule has 1 N–H and O–H groups in total. The first kappa shape index (κ1) is 25.2. The molecule has 2 aliphatic rings. The van der Waals surface area contributed by atoms with E-state index in [4.69, 9.17) is 0 Å². The number of benzene rings is 3. The van der Waals surface area contributed by atoms with Gasteiger partial charge in [0, 0.05) is 40.2 Å². The summed E-state index contributed by atoms with van der Waals surface area (Å²) in [6.07, 6.45) is 2.61. The van der Waals surface area contributed by atoms with Gasteiger partial charge >= 0.3 is 0 Å². The molecule has 5 rings (SSSR count). The Morgan fingerprint density at radius 2 is 1.41 bits per heavy atom. The Morgan fingerprint density at radius 3 is 1.97 bits per heavy atom. The molecule has 5 heteroatoms. The molecular weight excluding hydrogens is 458 g/mol. The van der Waals surface area contributed by atoms with Gasteiger partial charge in [-0.1, -0.05) is 91.0 Å². The molecule has 1 aliphatic heterocycles. The van der Waals surface area contributed by atoms with E-state index < -0.39 is 5.41 Å². The third kappa shape index (κ3) is 5.19. The number of hydrogen-bond donors (Lipinski definition) is 1. The van der Waals surface area contributed by atoms with Crippen molar-refractivity contribution < 1.29 is 9.59 Å². The largest absolute Gasteiger partial charge is 0.347 e. The Hall–Kier alpha value is -3.44. The van der Waals surface area contributed by atoms with Crippen molar-refractivity contribution in [2.24, 2.45) is 5.92 Å². The molecule has 1 heterocycles. The third-order valence-corrected chi connectivity index (χ3v) is 8.31. The number of carbonyl (C=O) groups is 2. The van der Waals surface area contributed by atoms with Crippen LogP contribution in [0, 0.1) is 5.92 Å². The standard InChI is InChI=1S/C32H37N3O2/c1-25(36)33-31(27-14-8-4-9-15-27)18-20-35(21-19-31)24-29-22-32(29,28-16-10-5-11-17-28)30(37)34(2)23-26-12-6-3-7-13-26/h3-17,29H,18-24H2,1-2H3,(H,33,36). The number of rotatable bonds is 8. The molecule has 0 aromatic heterocycles. The Bertz CT molecular complexity index is 1210. The van der Waals surface area contributed by atoms with Crippen molar-refractivity contribution in [3.05, 3.63) is 108 Å². The lowest BCUT2D eigenvalue weighted by atomic mass is 9.80. The van der Waals surface area contributed by atoms with Gasteiger partial charge in [0.2, 0.25) is 11.8 Å². The fourth-order valence-electron chi connectivity index (χ4n) is 6.30. The van der Waals surface area contributed by atoms with Crippen molar-refractivity contribution in [1.82, 2.24) is 15.1 Å². The van der Waals surface area contributed by atoms with Gasteiger partial charge < -0.3 is 15.1 Å². The molecule has 2 fully saturated rings. The van der Waals surface area contributed by atoms with E-state index in [9.17, 15) is 9.59 Å². The van der Waals surface area contributed by atoms with E-state index in [0.717, 1.165) is 50.0 Å². The van der Waals surface area contributed by atoms with Crippen LogP contribution in [0.4, 0.5) is 0 Å². The topological polar surface area (TPSA) is 52.7 Å². The first-order valence-corrected chi connectivity index (χ1v) is 13.3. The summed E-state index contributed by atoms with van der Waals surface area (Å²) in [4.78, 5) is 30.4. The highest BCUT2D eigenvalue weighted by atomic mass is 16.2. The summed E-state index contributed by atoms with van der Waals surface area (Å²) in [6.45, 7) is 4.90. The van der Waals surface area contributed by atoms with Gasteiger partial charge in [0.15, 0.2) is 0 Å². The minimum absolute atomic E-state index is 0.00893. The monoisotopic (exact) mass is 495 g/mol. The molecule has 37 heavy (non-hydrogen) atoms. The van der Waals surface area contributed by atoms with Crippen LogP contribution in [0.5, 0.6) is 0 Å². The van der Waals surface area contributed by atoms with Crippen LogP contribution in [0.2, 0.25) is 0 Å². The Labute approximate surface area is 220 Å². The molecule has 0 radical (unpaired) electrons. The zero-order valence-electron chi connectivity index (χ0n) is 21.9. The average Bonchev–Trinajstić information content (AvgIpc) is 3.65. The highest BCUT2D eigenvalue weighted by molar-refractivity contribution is 5.92. The molecule has 0 bridgehead atoms. The molecule has 1 saturated carbocycles. The maximum absolute atomic E-state index is 14.0. The van der Waals surface area contributed by atoms with Crippen LogP contribution in [0.3, 0.4) is 0 Å². The lowest BCUT2D eigenvalue weighted by Gasteiger charge is -2.43. The minimum Gasteiger partial charge on any atom is -0.347 e. The first-order chi connectivity index (χ1) is 17.9. The number of carbonyl (C=O) groups excluding carboxylic acids is 2. The maximum atomic E-state index is 14.0. The molecule has 2 atom stereocenters. The smallest absolute Gasteiger partial charge is 0.233 e. The molecule has 0 spiro atoms. The summed E-state index contributed by atoms with van der Waals surface area (Å²) in [5, 5.41) is 3.27. The van der Waals surface area contributed by atoms with E-state index in [2.05, 4.69) is 46.6 Å². The van der Waals surface area contributed by atoms with Gasteiger partial charge in [0.1, 0.15) is 0 Å². The van der Waals surface area contributed by atoms with Crippen molar-refractivity contribution in [1.29, 1.82) is 0 Å². The summed E-state index contributed by atoms with van der Waals surface area (Å²) in [5.41, 5.74) is 2.66. The molecule has 2 amide bonds. The highest BCUT2D eigenvalue weighted by Gasteiger charge is 2.62. The average molecular weight is 496 g/mol. The summed E-state index contributed by atoms with van der Waals surface area (Å²) in [6, 6.07) is 30.9. The van der Waals surface area contributed by atoms with Crippen LogP contribution < -0.4 is 5.32 Å². The molecule has 192 valence electrons. The second-order valence-electron chi connectivity index (χ2n) is 10.8. The number of hydrogen-bond acceptors (Lipinski definition) is 3. The zero-order chi connectivity index (χ0) is 25.9. The van der Waals surface area contributed by atoms with Crippen molar-refractivity contribution in [3.63, 3.8) is 0 Å². The van der Waals surface area contributed by atoms with E-state index in [1.807, 2.05) is 66.5 Å². The van der Waals surface area contributed by atoms with Crippen molar-refractivity contribution in [2.75, 3.05) is 26.7 Å². The predicted molar refractivity (Wildman–Crippen MR) is 147 cm³/mol. The number of nitrogens with zero attached hydrogens (tertiary/aromatic N) is 2. The number of nitrogens with one attached hydrogen (secondary N) is 1. The lowest BCUT2D eigenvalue weighted by Crippen LogP contribution is -2.53. The first-order valence-electron chi connectivity index (χ1n) is 13.3. The fraction of sp³-hybridized carbons (Fsp3) is 0.375. The Morgan fingerprint density at radius 1 is 0.865 bits per heavy atom. The molecule has 3 aromatic carbocycles. The van der Waals surface area contributed by atoms with Gasteiger partial charge in [0.05, 0.1) is 11.0 Å². The number of amides is 2. The normalized spacial score (nSPS) is 22.7. The van der Waals surface area contributed by atoms with Crippen LogP contribution in [0.15, 0.2) is 91.0 Å².